The maximum Gasteiger partial charge on any atom is 0.0208 e. The summed E-state index contributed by atoms with van der Waals surface area (Å²) < 4.78 is 0. The van der Waals surface area contributed by atoms with Gasteiger partial charge in [-0.1, -0.05) is 54.4 Å². The molecule has 0 saturated heterocycles. The normalized spacial score (nSPS) is 15.1. The summed E-state index contributed by atoms with van der Waals surface area (Å²) >= 11 is 0. The molecule has 1 heteroatoms. The Kier molecular flexibility index (Phi) is 3.88. The van der Waals surface area contributed by atoms with Crippen LogP contribution < -0.4 is 5.32 Å². The van der Waals surface area contributed by atoms with Crippen LogP contribution in [0, 0.1) is 6.92 Å². The molecular formula is C19H23N. The second-order valence-electron chi connectivity index (χ2n) is 5.94. The molecule has 1 nitrogen and oxygen atoms in total. The summed E-state index contributed by atoms with van der Waals surface area (Å²) in [5.74, 6) is 0.799. The highest BCUT2D eigenvalue weighted by molar-refractivity contribution is 5.69. The van der Waals surface area contributed by atoms with Gasteiger partial charge < -0.3 is 5.32 Å². The number of hydrogen-bond donors (Lipinski definition) is 1. The molecule has 2 aromatic carbocycles. The number of aryl methyl sites for hydroxylation is 1. The largest absolute Gasteiger partial charge is 0.316 e. The molecule has 1 aliphatic carbocycles. The van der Waals surface area contributed by atoms with Crippen LogP contribution in [0.3, 0.4) is 0 Å². The van der Waals surface area contributed by atoms with Crippen molar-refractivity contribution in [3.8, 4) is 11.1 Å². The van der Waals surface area contributed by atoms with Crippen molar-refractivity contribution >= 4 is 0 Å². The first-order valence-electron chi connectivity index (χ1n) is 7.62. The maximum atomic E-state index is 3.27. The van der Waals surface area contributed by atoms with Crippen molar-refractivity contribution in [1.82, 2.24) is 5.32 Å². The summed E-state index contributed by atoms with van der Waals surface area (Å²) in [5, 5.41) is 3.27. The molecule has 1 fully saturated rings. The van der Waals surface area contributed by atoms with Crippen LogP contribution in [0.4, 0.5) is 0 Å². The van der Waals surface area contributed by atoms with Gasteiger partial charge in [-0.15, -0.1) is 0 Å². The molecule has 104 valence electrons. The van der Waals surface area contributed by atoms with Gasteiger partial charge in [0, 0.05) is 6.54 Å². The van der Waals surface area contributed by atoms with Gasteiger partial charge in [0.1, 0.15) is 0 Å². The third-order valence-electron chi connectivity index (χ3n) is 4.41. The molecule has 1 aliphatic rings. The molecule has 20 heavy (non-hydrogen) atoms. The second kappa shape index (κ2) is 5.80. The van der Waals surface area contributed by atoms with Crippen molar-refractivity contribution in [2.24, 2.45) is 0 Å². The Bertz CT molecular complexity index is 596. The first kappa shape index (κ1) is 13.4. The fourth-order valence-electron chi connectivity index (χ4n) is 3.01. The predicted molar refractivity (Wildman–Crippen MR) is 86.0 cm³/mol. The molecule has 0 radical (unpaired) electrons. The van der Waals surface area contributed by atoms with E-state index < -0.39 is 0 Å². The molecule has 0 aromatic heterocycles. The van der Waals surface area contributed by atoms with Crippen LogP contribution in [0.2, 0.25) is 0 Å². The van der Waals surface area contributed by atoms with E-state index in [9.17, 15) is 0 Å². The van der Waals surface area contributed by atoms with Gasteiger partial charge in [-0.3, -0.25) is 0 Å². The zero-order valence-corrected chi connectivity index (χ0v) is 12.4. The summed E-state index contributed by atoms with van der Waals surface area (Å²) in [6, 6.07) is 15.9. The van der Waals surface area contributed by atoms with Crippen LogP contribution >= 0.6 is 0 Å². The third kappa shape index (κ3) is 2.64. The average Bonchev–Trinajstić information content (AvgIpc) is 2.39. The number of benzene rings is 2. The lowest BCUT2D eigenvalue weighted by molar-refractivity contribution is 0.420. The Morgan fingerprint density at radius 3 is 2.65 bits per heavy atom. The lowest BCUT2D eigenvalue weighted by Crippen LogP contribution is -2.09. The molecule has 0 amide bonds. The van der Waals surface area contributed by atoms with Gasteiger partial charge in [0.05, 0.1) is 0 Å². The third-order valence-corrected chi connectivity index (χ3v) is 4.41. The predicted octanol–water partition coefficient (Wildman–Crippen LogP) is 4.65. The standard InChI is InChI=1S/C19H23N/c1-14-9-10-18(13-20-2)19(11-14)17-8-4-7-16(12-17)15-5-3-6-15/h4,7-12,15,20H,3,5-6,13H2,1-2H3. The number of rotatable bonds is 4. The molecule has 0 atom stereocenters. The molecule has 0 aliphatic heterocycles. The van der Waals surface area contributed by atoms with E-state index in [0.717, 1.165) is 12.5 Å². The van der Waals surface area contributed by atoms with E-state index in [4.69, 9.17) is 0 Å². The Morgan fingerprint density at radius 2 is 1.95 bits per heavy atom. The van der Waals surface area contributed by atoms with Crippen LogP contribution in [-0.2, 0) is 6.54 Å². The fraction of sp³-hybridized carbons (Fsp3) is 0.368. The minimum atomic E-state index is 0.799. The maximum absolute atomic E-state index is 3.27. The van der Waals surface area contributed by atoms with Gasteiger partial charge >= 0.3 is 0 Å². The van der Waals surface area contributed by atoms with Gasteiger partial charge in [-0.2, -0.15) is 0 Å². The second-order valence-corrected chi connectivity index (χ2v) is 5.94. The Morgan fingerprint density at radius 1 is 1.10 bits per heavy atom. The van der Waals surface area contributed by atoms with Crippen molar-refractivity contribution < 1.29 is 0 Å². The summed E-state index contributed by atoms with van der Waals surface area (Å²) in [7, 11) is 2.01. The molecule has 1 saturated carbocycles. The van der Waals surface area contributed by atoms with E-state index in [1.54, 1.807) is 0 Å². The highest BCUT2D eigenvalue weighted by Crippen LogP contribution is 2.38. The zero-order chi connectivity index (χ0) is 13.9. The monoisotopic (exact) mass is 265 g/mol. The molecule has 0 unspecified atom stereocenters. The Balaban J connectivity index is 2.00. The van der Waals surface area contributed by atoms with Crippen molar-refractivity contribution in [2.45, 2.75) is 38.6 Å². The lowest BCUT2D eigenvalue weighted by Gasteiger charge is -2.26. The van der Waals surface area contributed by atoms with Gasteiger partial charge in [0.25, 0.3) is 0 Å². The van der Waals surface area contributed by atoms with E-state index in [0.29, 0.717) is 0 Å². The fourth-order valence-corrected chi connectivity index (χ4v) is 3.01. The first-order valence-corrected chi connectivity index (χ1v) is 7.62. The van der Waals surface area contributed by atoms with Gasteiger partial charge in [-0.25, -0.2) is 0 Å². The van der Waals surface area contributed by atoms with Crippen molar-refractivity contribution in [3.63, 3.8) is 0 Å². The molecule has 3 rings (SSSR count). The van der Waals surface area contributed by atoms with Crippen LogP contribution in [-0.4, -0.2) is 7.05 Å². The number of hydrogen-bond acceptors (Lipinski definition) is 1. The molecule has 0 bridgehead atoms. The minimum absolute atomic E-state index is 0.799. The minimum Gasteiger partial charge on any atom is -0.316 e. The molecule has 2 aromatic rings. The zero-order valence-electron chi connectivity index (χ0n) is 12.4. The first-order chi connectivity index (χ1) is 9.78. The summed E-state index contributed by atoms with van der Waals surface area (Å²) in [6.45, 7) is 3.09. The van der Waals surface area contributed by atoms with E-state index in [1.165, 1.54) is 47.1 Å². The summed E-state index contributed by atoms with van der Waals surface area (Å²) in [4.78, 5) is 0. The van der Waals surface area contributed by atoms with Gasteiger partial charge in [-0.05, 0) is 55.0 Å². The van der Waals surface area contributed by atoms with Crippen LogP contribution in [0.15, 0.2) is 42.5 Å². The van der Waals surface area contributed by atoms with Gasteiger partial charge in [0.15, 0.2) is 0 Å². The topological polar surface area (TPSA) is 12.0 Å². The van der Waals surface area contributed by atoms with Crippen LogP contribution in [0.5, 0.6) is 0 Å². The number of nitrogens with one attached hydrogen (secondary N) is 1. The SMILES string of the molecule is CNCc1ccc(C)cc1-c1cccc(C2CCC2)c1. The molecular weight excluding hydrogens is 242 g/mol. The molecule has 1 N–H and O–H groups in total. The van der Waals surface area contributed by atoms with E-state index >= 15 is 0 Å². The smallest absolute Gasteiger partial charge is 0.0208 e. The highest BCUT2D eigenvalue weighted by Gasteiger charge is 2.19. The quantitative estimate of drug-likeness (QED) is 0.848. The molecule has 0 spiro atoms. The van der Waals surface area contributed by atoms with E-state index in [1.807, 2.05) is 7.05 Å². The van der Waals surface area contributed by atoms with Gasteiger partial charge in [0.2, 0.25) is 0 Å². The highest BCUT2D eigenvalue weighted by atomic mass is 14.8. The average molecular weight is 265 g/mol. The van der Waals surface area contributed by atoms with E-state index in [-0.39, 0.29) is 0 Å². The van der Waals surface area contributed by atoms with E-state index in [2.05, 4.69) is 54.7 Å². The van der Waals surface area contributed by atoms with Crippen LogP contribution in [0.25, 0.3) is 11.1 Å². The van der Waals surface area contributed by atoms with Crippen molar-refractivity contribution in [3.05, 3.63) is 59.2 Å². The summed E-state index contributed by atoms with van der Waals surface area (Å²) in [6.07, 6.45) is 4.12. The van der Waals surface area contributed by atoms with Crippen molar-refractivity contribution in [2.75, 3.05) is 7.05 Å². The Hall–Kier alpha value is -1.60. The Labute approximate surface area is 122 Å². The van der Waals surface area contributed by atoms with Crippen molar-refractivity contribution in [1.29, 1.82) is 0 Å². The lowest BCUT2D eigenvalue weighted by atomic mass is 9.79. The molecule has 0 heterocycles. The van der Waals surface area contributed by atoms with Crippen LogP contribution in [0.1, 0.15) is 41.9 Å². The summed E-state index contributed by atoms with van der Waals surface area (Å²) in [5.41, 5.74) is 6.97.